The van der Waals surface area contributed by atoms with Gasteiger partial charge in [0, 0.05) is 49.0 Å². The summed E-state index contributed by atoms with van der Waals surface area (Å²) >= 11 is 3.06. The molecule has 168 valence electrons. The first kappa shape index (κ1) is 22.8. The molecular weight excluding hydrogens is 452 g/mol. The third kappa shape index (κ3) is 4.45. The molecule has 0 atom stereocenters. The minimum atomic E-state index is -0.410. The van der Waals surface area contributed by atoms with Crippen molar-refractivity contribution >= 4 is 62.6 Å². The van der Waals surface area contributed by atoms with Crippen LogP contribution in [0.4, 0.5) is 10.6 Å². The number of halogens is 1. The number of aromatic nitrogens is 1. The molecule has 0 aromatic carbocycles. The molecule has 3 fully saturated rings. The average molecular weight is 481 g/mol. The van der Waals surface area contributed by atoms with Crippen molar-refractivity contribution in [2.75, 3.05) is 44.2 Å². The number of imide groups is 1. The minimum Gasteiger partial charge on any atom is -0.354 e. The van der Waals surface area contributed by atoms with E-state index in [0.29, 0.717) is 6.54 Å². The Labute approximate surface area is 197 Å². The number of thiophene rings is 1. The number of hydrogen-bond acceptors (Lipinski definition) is 7. The van der Waals surface area contributed by atoms with Crippen LogP contribution in [0.1, 0.15) is 38.5 Å². The lowest BCUT2D eigenvalue weighted by Crippen LogP contribution is -2.47. The second-order valence-electron chi connectivity index (χ2n) is 8.53. The second-order valence-corrected chi connectivity index (χ2v) is 10.8. The Morgan fingerprint density at radius 1 is 1.00 bits per heavy atom. The van der Waals surface area contributed by atoms with E-state index in [1.807, 2.05) is 6.20 Å². The van der Waals surface area contributed by atoms with Crippen molar-refractivity contribution in [3.8, 4) is 0 Å². The summed E-state index contributed by atoms with van der Waals surface area (Å²) in [5.41, 5.74) is 0. The summed E-state index contributed by atoms with van der Waals surface area (Å²) < 4.78 is 0.887. The van der Waals surface area contributed by atoms with Crippen LogP contribution in [-0.4, -0.2) is 69.9 Å². The Bertz CT molecular complexity index is 938. The van der Waals surface area contributed by atoms with Gasteiger partial charge in [0.05, 0.1) is 0 Å². The van der Waals surface area contributed by atoms with Gasteiger partial charge in [0.2, 0.25) is 5.91 Å². The van der Waals surface area contributed by atoms with E-state index in [4.69, 9.17) is 0 Å². The van der Waals surface area contributed by atoms with Crippen LogP contribution in [0.25, 0.3) is 10.1 Å². The average Bonchev–Trinajstić information content (AvgIpc) is 3.48. The van der Waals surface area contributed by atoms with Gasteiger partial charge >= 0.3 is 0 Å². The predicted octanol–water partition coefficient (Wildman–Crippen LogP) is 4.63. The maximum absolute atomic E-state index is 12.7. The van der Waals surface area contributed by atoms with E-state index in [0.717, 1.165) is 77.1 Å². The highest BCUT2D eigenvalue weighted by molar-refractivity contribution is 8.16. The number of amides is 2. The quantitative estimate of drug-likeness (QED) is 0.562. The van der Waals surface area contributed by atoms with Gasteiger partial charge in [-0.15, -0.1) is 23.7 Å². The van der Waals surface area contributed by atoms with Crippen molar-refractivity contribution in [3.63, 3.8) is 0 Å². The van der Waals surface area contributed by atoms with Crippen molar-refractivity contribution in [3.05, 3.63) is 23.7 Å². The summed E-state index contributed by atoms with van der Waals surface area (Å²) in [6.07, 6.45) is 7.71. The number of piperazine rings is 1. The molecular formula is C22H29ClN4O2S2. The van der Waals surface area contributed by atoms with Gasteiger partial charge in [-0.1, -0.05) is 12.8 Å². The summed E-state index contributed by atoms with van der Waals surface area (Å²) in [6, 6.07) is 4.26. The van der Waals surface area contributed by atoms with E-state index in [2.05, 4.69) is 32.3 Å². The van der Waals surface area contributed by atoms with Crippen LogP contribution in [0.5, 0.6) is 0 Å². The fourth-order valence-corrected chi connectivity index (χ4v) is 7.06. The second kappa shape index (κ2) is 9.65. The molecule has 0 radical (unpaired) electrons. The number of carbonyl (C=O) groups is 2. The first-order valence-electron chi connectivity index (χ1n) is 11.0. The molecule has 2 aromatic heterocycles. The fraction of sp³-hybridized carbons (Fsp3) is 0.591. The summed E-state index contributed by atoms with van der Waals surface area (Å²) in [6.45, 7) is 5.65. The Hall–Kier alpha value is -1.35. The monoisotopic (exact) mass is 480 g/mol. The van der Waals surface area contributed by atoms with Gasteiger partial charge in [-0.25, -0.2) is 4.98 Å². The maximum Gasteiger partial charge on any atom is 0.289 e. The number of anilines is 1. The van der Waals surface area contributed by atoms with E-state index in [1.165, 1.54) is 26.7 Å². The number of thioether (sulfide) groups is 1. The molecule has 6 nitrogen and oxygen atoms in total. The molecule has 1 aliphatic carbocycles. The van der Waals surface area contributed by atoms with Gasteiger partial charge in [0.25, 0.3) is 5.24 Å². The van der Waals surface area contributed by atoms with Crippen molar-refractivity contribution in [1.29, 1.82) is 0 Å². The normalized spacial score (nSPS) is 21.4. The number of rotatable bonds is 6. The minimum absolute atomic E-state index is 0. The van der Waals surface area contributed by atoms with Crippen molar-refractivity contribution < 1.29 is 9.59 Å². The smallest absolute Gasteiger partial charge is 0.289 e. The Balaban J connectivity index is 0.00000231. The number of unbranched alkanes of at least 4 members (excludes halogenated alkanes) is 1. The van der Waals surface area contributed by atoms with Crippen LogP contribution in [0.15, 0.2) is 23.7 Å². The molecule has 2 saturated heterocycles. The van der Waals surface area contributed by atoms with Gasteiger partial charge in [-0.3, -0.25) is 19.4 Å². The molecule has 31 heavy (non-hydrogen) atoms. The first-order valence-corrected chi connectivity index (χ1v) is 12.7. The molecule has 0 unspecified atom stereocenters. The summed E-state index contributed by atoms with van der Waals surface area (Å²) in [5, 5.41) is 3.37. The highest BCUT2D eigenvalue weighted by atomic mass is 35.5. The molecule has 1 saturated carbocycles. The Kier molecular flexibility index (Phi) is 7.10. The van der Waals surface area contributed by atoms with Crippen molar-refractivity contribution in [1.82, 2.24) is 14.8 Å². The molecule has 9 heteroatoms. The summed E-state index contributed by atoms with van der Waals surface area (Å²) in [5.74, 6) is 1.19. The van der Waals surface area contributed by atoms with Gasteiger partial charge in [-0.05, 0) is 61.5 Å². The molecule has 0 N–H and O–H groups in total. The van der Waals surface area contributed by atoms with E-state index in [9.17, 15) is 9.59 Å². The van der Waals surface area contributed by atoms with Crippen LogP contribution in [0.2, 0.25) is 0 Å². The van der Waals surface area contributed by atoms with Crippen LogP contribution < -0.4 is 4.90 Å². The number of carbonyl (C=O) groups excluding carboxylic acids is 2. The molecule has 3 aliphatic rings. The maximum atomic E-state index is 12.7. The molecule has 2 aromatic rings. The highest BCUT2D eigenvalue weighted by Gasteiger charge is 2.53. The van der Waals surface area contributed by atoms with Crippen molar-refractivity contribution in [2.24, 2.45) is 0 Å². The molecule has 2 amide bonds. The SMILES string of the molecule is Cl.O=C1SC2(CCCC2)C(=O)N1CCCCN1CCN(c2nccc3sccc23)CC1. The third-order valence-corrected chi connectivity index (χ3v) is 8.94. The largest absolute Gasteiger partial charge is 0.354 e. The number of hydrogen-bond donors (Lipinski definition) is 0. The van der Waals surface area contributed by atoms with Gasteiger partial charge in [0.15, 0.2) is 0 Å². The zero-order valence-corrected chi connectivity index (χ0v) is 20.1. The van der Waals surface area contributed by atoms with E-state index in [-0.39, 0.29) is 23.6 Å². The third-order valence-electron chi connectivity index (χ3n) is 6.69. The molecule has 2 aliphatic heterocycles. The van der Waals surface area contributed by atoms with Gasteiger partial charge in [0.1, 0.15) is 10.6 Å². The Morgan fingerprint density at radius 3 is 2.52 bits per heavy atom. The molecule has 5 rings (SSSR count). The van der Waals surface area contributed by atoms with E-state index in [1.54, 1.807) is 11.3 Å². The lowest BCUT2D eigenvalue weighted by atomic mass is 10.1. The zero-order chi connectivity index (χ0) is 20.6. The van der Waals surface area contributed by atoms with Crippen LogP contribution in [0, 0.1) is 0 Å². The van der Waals surface area contributed by atoms with Gasteiger partial charge < -0.3 is 4.90 Å². The number of pyridine rings is 1. The summed E-state index contributed by atoms with van der Waals surface area (Å²) in [4.78, 5) is 36.1. The molecule has 4 heterocycles. The van der Waals surface area contributed by atoms with Gasteiger partial charge in [-0.2, -0.15) is 0 Å². The fourth-order valence-electron chi connectivity index (χ4n) is 4.97. The van der Waals surface area contributed by atoms with Crippen LogP contribution in [-0.2, 0) is 4.79 Å². The van der Waals surface area contributed by atoms with E-state index >= 15 is 0 Å². The molecule has 0 bridgehead atoms. The highest BCUT2D eigenvalue weighted by Crippen LogP contribution is 2.48. The van der Waals surface area contributed by atoms with Crippen LogP contribution >= 0.6 is 35.5 Å². The molecule has 1 spiro atoms. The lowest BCUT2D eigenvalue weighted by molar-refractivity contribution is -0.129. The standard InChI is InChI=1S/C22H28N4O2S2.ClH/c27-20-22(7-1-2-8-22)30-21(28)26(20)11-4-3-10-24-12-14-25(15-13-24)19-17-6-16-29-18(17)5-9-23-19;/h5-6,9,16H,1-4,7-8,10-15H2;1H. The topological polar surface area (TPSA) is 56.8 Å². The summed E-state index contributed by atoms with van der Waals surface area (Å²) in [7, 11) is 0. The first-order chi connectivity index (χ1) is 14.7. The number of nitrogens with zero attached hydrogens (tertiary/aromatic N) is 4. The van der Waals surface area contributed by atoms with Crippen molar-refractivity contribution in [2.45, 2.75) is 43.3 Å². The zero-order valence-electron chi connectivity index (χ0n) is 17.6. The van der Waals surface area contributed by atoms with Crippen LogP contribution in [0.3, 0.4) is 0 Å². The van der Waals surface area contributed by atoms with E-state index < -0.39 is 4.75 Å². The predicted molar refractivity (Wildman–Crippen MR) is 131 cm³/mol. The lowest BCUT2D eigenvalue weighted by Gasteiger charge is -2.35. The number of fused-ring (bicyclic) bond motifs is 1. The Morgan fingerprint density at radius 2 is 1.74 bits per heavy atom.